The molecule has 152 valence electrons. The smallest absolute Gasteiger partial charge is 0.320 e. The number of rotatable bonds is 5. The number of aromatic nitrogens is 2. The van der Waals surface area contributed by atoms with Crippen LogP contribution < -0.4 is 10.6 Å². The zero-order valence-corrected chi connectivity index (χ0v) is 16.9. The molecule has 1 fully saturated rings. The van der Waals surface area contributed by atoms with Gasteiger partial charge in [-0.15, -0.1) is 0 Å². The lowest BCUT2D eigenvalue weighted by molar-refractivity contribution is -0.133. The zero-order chi connectivity index (χ0) is 20.3. The minimum atomic E-state index is -0.360. The standard InChI is InChI=1S/C19H28N6O3/c1-13-11-16(15(3)28-13)14(2)20-19(27)21-17-5-6-25(22-17)12-18(26)24-9-7-23(4)8-10-24/h5-6,11,14H,7-10,12H2,1-4H3,(H2,20,21,22,27)/t14-/m0/s1. The van der Waals surface area contributed by atoms with Crippen molar-refractivity contribution in [3.63, 3.8) is 0 Å². The van der Waals surface area contributed by atoms with Crippen LogP contribution in [0.15, 0.2) is 22.7 Å². The average molecular weight is 388 g/mol. The van der Waals surface area contributed by atoms with E-state index in [1.807, 2.05) is 38.8 Å². The quantitative estimate of drug-likeness (QED) is 0.814. The molecule has 28 heavy (non-hydrogen) atoms. The van der Waals surface area contributed by atoms with Crippen LogP contribution in [0.2, 0.25) is 0 Å². The lowest BCUT2D eigenvalue weighted by Gasteiger charge is -2.32. The molecular weight excluding hydrogens is 360 g/mol. The fraction of sp³-hybridized carbons (Fsp3) is 0.526. The van der Waals surface area contributed by atoms with Crippen molar-refractivity contribution < 1.29 is 14.0 Å². The minimum Gasteiger partial charge on any atom is -0.466 e. The molecule has 3 amide bonds. The fourth-order valence-corrected chi connectivity index (χ4v) is 3.32. The van der Waals surface area contributed by atoms with Gasteiger partial charge in [-0.05, 0) is 33.9 Å². The lowest BCUT2D eigenvalue weighted by atomic mass is 10.1. The van der Waals surface area contributed by atoms with Gasteiger partial charge in [-0.25, -0.2) is 4.79 Å². The van der Waals surface area contributed by atoms with Crippen molar-refractivity contribution in [3.05, 3.63) is 35.4 Å². The van der Waals surface area contributed by atoms with Crippen molar-refractivity contribution in [3.8, 4) is 0 Å². The van der Waals surface area contributed by atoms with E-state index >= 15 is 0 Å². The maximum atomic E-state index is 12.4. The number of anilines is 1. The van der Waals surface area contributed by atoms with Crippen LogP contribution in [0.1, 0.15) is 30.0 Å². The monoisotopic (exact) mass is 388 g/mol. The Balaban J connectivity index is 1.50. The van der Waals surface area contributed by atoms with E-state index in [1.54, 1.807) is 16.9 Å². The molecule has 1 aliphatic heterocycles. The van der Waals surface area contributed by atoms with E-state index in [0.29, 0.717) is 5.82 Å². The van der Waals surface area contributed by atoms with Gasteiger partial charge < -0.3 is 19.5 Å². The van der Waals surface area contributed by atoms with Crippen molar-refractivity contribution in [2.45, 2.75) is 33.4 Å². The van der Waals surface area contributed by atoms with Gasteiger partial charge in [-0.3, -0.25) is 14.8 Å². The highest BCUT2D eigenvalue weighted by Crippen LogP contribution is 2.21. The number of nitrogens with one attached hydrogen (secondary N) is 2. The summed E-state index contributed by atoms with van der Waals surface area (Å²) in [6, 6.07) is 3.04. The number of piperazine rings is 1. The van der Waals surface area contributed by atoms with E-state index in [4.69, 9.17) is 4.42 Å². The first-order chi connectivity index (χ1) is 13.3. The molecule has 9 nitrogen and oxygen atoms in total. The van der Waals surface area contributed by atoms with Gasteiger partial charge in [-0.2, -0.15) is 5.10 Å². The van der Waals surface area contributed by atoms with Crippen molar-refractivity contribution in [2.75, 3.05) is 38.5 Å². The van der Waals surface area contributed by atoms with E-state index in [-0.39, 0.29) is 24.5 Å². The van der Waals surface area contributed by atoms with Crippen LogP contribution in [-0.4, -0.2) is 64.7 Å². The Labute approximate surface area is 164 Å². The largest absolute Gasteiger partial charge is 0.466 e. The van der Waals surface area contributed by atoms with E-state index in [2.05, 4.69) is 20.6 Å². The lowest BCUT2D eigenvalue weighted by Crippen LogP contribution is -2.48. The summed E-state index contributed by atoms with van der Waals surface area (Å²) in [7, 11) is 2.05. The summed E-state index contributed by atoms with van der Waals surface area (Å²) in [5, 5.41) is 9.84. The number of aryl methyl sites for hydroxylation is 2. The van der Waals surface area contributed by atoms with Crippen molar-refractivity contribution in [1.29, 1.82) is 0 Å². The van der Waals surface area contributed by atoms with Crippen LogP contribution in [0.3, 0.4) is 0 Å². The molecule has 0 radical (unpaired) electrons. The molecule has 1 aliphatic rings. The Bertz CT molecular complexity index is 835. The number of nitrogens with zero attached hydrogens (tertiary/aromatic N) is 4. The number of hydrogen-bond donors (Lipinski definition) is 2. The van der Waals surface area contributed by atoms with Gasteiger partial charge in [0.15, 0.2) is 5.82 Å². The maximum Gasteiger partial charge on any atom is 0.320 e. The predicted octanol–water partition coefficient (Wildman–Crippen LogP) is 1.75. The molecule has 0 unspecified atom stereocenters. The number of carbonyl (C=O) groups excluding carboxylic acids is 2. The second kappa shape index (κ2) is 8.47. The molecule has 0 saturated carbocycles. The first-order valence-corrected chi connectivity index (χ1v) is 9.46. The third kappa shape index (κ3) is 4.92. The van der Waals surface area contributed by atoms with Gasteiger partial charge in [0.1, 0.15) is 18.1 Å². The Morgan fingerprint density at radius 3 is 2.61 bits per heavy atom. The third-order valence-corrected chi connectivity index (χ3v) is 4.93. The van der Waals surface area contributed by atoms with Crippen molar-refractivity contribution >= 4 is 17.8 Å². The summed E-state index contributed by atoms with van der Waals surface area (Å²) in [6.07, 6.45) is 1.69. The highest BCUT2D eigenvalue weighted by atomic mass is 16.3. The van der Waals surface area contributed by atoms with E-state index in [9.17, 15) is 9.59 Å². The zero-order valence-electron chi connectivity index (χ0n) is 16.9. The van der Waals surface area contributed by atoms with Gasteiger partial charge in [0.05, 0.1) is 6.04 Å². The topological polar surface area (TPSA) is 95.6 Å². The second-order valence-corrected chi connectivity index (χ2v) is 7.27. The molecule has 0 spiro atoms. The SMILES string of the molecule is Cc1cc([C@H](C)NC(=O)Nc2ccn(CC(=O)N3CCN(C)CC3)n2)c(C)o1. The maximum absolute atomic E-state index is 12.4. The number of likely N-dealkylation sites (N-methyl/N-ethyl adjacent to an activating group) is 1. The van der Waals surface area contributed by atoms with Gasteiger partial charge in [0.25, 0.3) is 0 Å². The Morgan fingerprint density at radius 2 is 1.96 bits per heavy atom. The third-order valence-electron chi connectivity index (χ3n) is 4.93. The Hall–Kier alpha value is -2.81. The Morgan fingerprint density at radius 1 is 1.25 bits per heavy atom. The molecular formula is C19H28N6O3. The second-order valence-electron chi connectivity index (χ2n) is 7.27. The molecule has 0 bridgehead atoms. The molecule has 0 aliphatic carbocycles. The molecule has 1 saturated heterocycles. The summed E-state index contributed by atoms with van der Waals surface area (Å²) in [6.45, 7) is 9.03. The van der Waals surface area contributed by atoms with E-state index in [1.165, 1.54) is 0 Å². The van der Waals surface area contributed by atoms with Crippen molar-refractivity contribution in [2.24, 2.45) is 0 Å². The molecule has 1 atom stereocenters. The van der Waals surface area contributed by atoms with Gasteiger partial charge in [0, 0.05) is 44.0 Å². The molecule has 2 N–H and O–H groups in total. The van der Waals surface area contributed by atoms with E-state index < -0.39 is 0 Å². The van der Waals surface area contributed by atoms with Crippen LogP contribution in [0.25, 0.3) is 0 Å². The summed E-state index contributed by atoms with van der Waals surface area (Å²) in [4.78, 5) is 28.7. The number of amides is 3. The molecule has 2 aromatic heterocycles. The van der Waals surface area contributed by atoms with Crippen LogP contribution >= 0.6 is 0 Å². The van der Waals surface area contributed by atoms with Crippen LogP contribution in [-0.2, 0) is 11.3 Å². The van der Waals surface area contributed by atoms with E-state index in [0.717, 1.165) is 43.3 Å². The van der Waals surface area contributed by atoms with Gasteiger partial charge in [0.2, 0.25) is 5.91 Å². The minimum absolute atomic E-state index is 0.0339. The molecule has 3 rings (SSSR count). The predicted molar refractivity (Wildman–Crippen MR) is 105 cm³/mol. The number of hydrogen-bond acceptors (Lipinski definition) is 5. The Kier molecular flexibility index (Phi) is 6.03. The molecule has 9 heteroatoms. The van der Waals surface area contributed by atoms with Crippen LogP contribution in [0.4, 0.5) is 10.6 Å². The van der Waals surface area contributed by atoms with Crippen molar-refractivity contribution in [1.82, 2.24) is 24.9 Å². The first kappa shape index (κ1) is 19.9. The van der Waals surface area contributed by atoms with Gasteiger partial charge in [-0.1, -0.05) is 0 Å². The average Bonchev–Trinajstić information content (AvgIpc) is 3.20. The number of carbonyl (C=O) groups is 2. The first-order valence-electron chi connectivity index (χ1n) is 9.46. The molecule has 3 heterocycles. The number of furan rings is 1. The summed E-state index contributed by atoms with van der Waals surface area (Å²) in [5.74, 6) is 2.03. The van der Waals surface area contributed by atoms with Crippen LogP contribution in [0.5, 0.6) is 0 Å². The fourth-order valence-electron chi connectivity index (χ4n) is 3.32. The summed E-state index contributed by atoms with van der Waals surface area (Å²) >= 11 is 0. The molecule has 0 aromatic carbocycles. The van der Waals surface area contributed by atoms with Gasteiger partial charge >= 0.3 is 6.03 Å². The summed E-state index contributed by atoms with van der Waals surface area (Å²) in [5.41, 5.74) is 0.941. The highest BCUT2D eigenvalue weighted by Gasteiger charge is 2.20. The van der Waals surface area contributed by atoms with Crippen LogP contribution in [0, 0.1) is 13.8 Å². The number of urea groups is 1. The summed E-state index contributed by atoms with van der Waals surface area (Å²) < 4.78 is 7.05. The molecule has 2 aromatic rings. The normalized spacial score (nSPS) is 16.1. The highest BCUT2D eigenvalue weighted by molar-refractivity contribution is 5.88.